The van der Waals surface area contributed by atoms with Crippen LogP contribution in [-0.4, -0.2) is 27.5 Å². The first-order valence-corrected chi connectivity index (χ1v) is 6.76. The molecule has 98 valence electrons. The van der Waals surface area contributed by atoms with Gasteiger partial charge in [0.15, 0.2) is 6.54 Å². The van der Waals surface area contributed by atoms with E-state index in [1.165, 1.54) is 12.1 Å². The van der Waals surface area contributed by atoms with Gasteiger partial charge in [0.25, 0.3) is 10.0 Å². The molecule has 0 fully saturated rings. The zero-order chi connectivity index (χ0) is 13.6. The zero-order valence-electron chi connectivity index (χ0n) is 10.2. The van der Waals surface area contributed by atoms with Gasteiger partial charge in [0.2, 0.25) is 0 Å². The Labute approximate surface area is 106 Å². The SMILES string of the molecule is CCOC(=O)CN=NS(=O)(=O)c1ccc(C)cc1. The first kappa shape index (κ1) is 14.3. The number of rotatable bonds is 5. The number of ether oxygens (including phenoxy) is 1. The van der Waals surface area contributed by atoms with Crippen molar-refractivity contribution in [1.29, 1.82) is 0 Å². The Morgan fingerprint density at radius 2 is 1.89 bits per heavy atom. The van der Waals surface area contributed by atoms with Crippen molar-refractivity contribution >= 4 is 16.0 Å². The van der Waals surface area contributed by atoms with Gasteiger partial charge in [-0.15, -0.1) is 0 Å². The highest BCUT2D eigenvalue weighted by molar-refractivity contribution is 7.90. The first-order valence-electron chi connectivity index (χ1n) is 5.32. The van der Waals surface area contributed by atoms with E-state index in [0.717, 1.165) is 5.56 Å². The molecule has 0 unspecified atom stereocenters. The lowest BCUT2D eigenvalue weighted by molar-refractivity contribution is -0.141. The van der Waals surface area contributed by atoms with Crippen molar-refractivity contribution in [2.75, 3.05) is 13.2 Å². The summed E-state index contributed by atoms with van der Waals surface area (Å²) >= 11 is 0. The Morgan fingerprint density at radius 3 is 2.44 bits per heavy atom. The second-order valence-electron chi connectivity index (χ2n) is 3.47. The fraction of sp³-hybridized carbons (Fsp3) is 0.364. The van der Waals surface area contributed by atoms with E-state index in [9.17, 15) is 13.2 Å². The number of carbonyl (C=O) groups excluding carboxylic acids is 1. The molecule has 0 amide bonds. The van der Waals surface area contributed by atoms with Crippen molar-refractivity contribution in [2.45, 2.75) is 18.7 Å². The van der Waals surface area contributed by atoms with E-state index in [1.54, 1.807) is 19.1 Å². The van der Waals surface area contributed by atoms with Crippen LogP contribution in [0.1, 0.15) is 12.5 Å². The van der Waals surface area contributed by atoms with Gasteiger partial charge < -0.3 is 4.74 Å². The van der Waals surface area contributed by atoms with E-state index < -0.39 is 22.5 Å². The molecule has 0 aromatic heterocycles. The van der Waals surface area contributed by atoms with Gasteiger partial charge in [-0.25, -0.2) is 4.79 Å². The van der Waals surface area contributed by atoms with E-state index in [-0.39, 0.29) is 11.5 Å². The van der Waals surface area contributed by atoms with Crippen LogP contribution in [0.4, 0.5) is 0 Å². The van der Waals surface area contributed by atoms with Crippen LogP contribution in [0.2, 0.25) is 0 Å². The summed E-state index contributed by atoms with van der Waals surface area (Å²) in [7, 11) is -3.84. The monoisotopic (exact) mass is 270 g/mol. The average Bonchev–Trinajstić information content (AvgIpc) is 2.29. The summed E-state index contributed by atoms with van der Waals surface area (Å²) in [5.41, 5.74) is 0.942. The summed E-state index contributed by atoms with van der Waals surface area (Å²) in [5.74, 6) is -0.611. The lowest BCUT2D eigenvalue weighted by atomic mass is 10.2. The van der Waals surface area contributed by atoms with Crippen LogP contribution in [0, 0.1) is 6.92 Å². The van der Waals surface area contributed by atoms with Crippen LogP contribution >= 0.6 is 0 Å². The number of esters is 1. The van der Waals surface area contributed by atoms with Gasteiger partial charge in [-0.3, -0.25) is 0 Å². The Bertz CT molecular complexity index is 535. The molecule has 6 nitrogen and oxygen atoms in total. The third-order valence-corrected chi connectivity index (χ3v) is 3.19. The van der Waals surface area contributed by atoms with Crippen LogP contribution < -0.4 is 0 Å². The first-order chi connectivity index (χ1) is 8.45. The summed E-state index contributed by atoms with van der Waals surface area (Å²) in [4.78, 5) is 11.0. The van der Waals surface area contributed by atoms with Crippen molar-refractivity contribution in [3.8, 4) is 0 Å². The highest BCUT2D eigenvalue weighted by Crippen LogP contribution is 2.13. The number of nitrogens with zero attached hydrogens (tertiary/aromatic N) is 2. The van der Waals surface area contributed by atoms with Crippen molar-refractivity contribution in [3.63, 3.8) is 0 Å². The quantitative estimate of drug-likeness (QED) is 0.602. The van der Waals surface area contributed by atoms with Crippen LogP contribution in [0.5, 0.6) is 0 Å². The molecule has 0 aliphatic carbocycles. The normalized spacial score (nSPS) is 11.7. The van der Waals surface area contributed by atoms with E-state index in [0.29, 0.717) is 0 Å². The molecule has 0 N–H and O–H groups in total. The molecule has 0 spiro atoms. The number of sulfonamides is 1. The summed E-state index contributed by atoms with van der Waals surface area (Å²) in [6.45, 7) is 3.31. The molecule has 1 rings (SSSR count). The van der Waals surface area contributed by atoms with E-state index in [2.05, 4.69) is 14.4 Å². The van der Waals surface area contributed by atoms with Crippen molar-refractivity contribution in [3.05, 3.63) is 29.8 Å². The maximum Gasteiger partial charge on any atom is 0.329 e. The second-order valence-corrected chi connectivity index (χ2v) is 5.06. The molecule has 0 bridgehead atoms. The maximum atomic E-state index is 11.7. The van der Waals surface area contributed by atoms with Gasteiger partial charge in [-0.1, -0.05) is 22.2 Å². The van der Waals surface area contributed by atoms with Crippen molar-refractivity contribution in [1.82, 2.24) is 0 Å². The molecule has 0 saturated carbocycles. The van der Waals surface area contributed by atoms with Gasteiger partial charge in [-0.05, 0) is 26.0 Å². The highest BCUT2D eigenvalue weighted by atomic mass is 32.2. The number of carbonyl (C=O) groups is 1. The Hall–Kier alpha value is -1.76. The standard InChI is InChI=1S/C11H14N2O4S/c1-3-17-11(14)8-12-13-18(15,16)10-6-4-9(2)5-7-10/h4-7H,3,8H2,1-2H3. The number of aryl methyl sites for hydroxylation is 1. The van der Waals surface area contributed by atoms with Gasteiger partial charge in [-0.2, -0.15) is 13.5 Å². The largest absolute Gasteiger partial charge is 0.465 e. The third-order valence-electron chi connectivity index (χ3n) is 1.99. The number of hydrogen-bond acceptors (Lipinski definition) is 5. The molecule has 0 radical (unpaired) electrons. The van der Waals surface area contributed by atoms with Crippen LogP contribution in [0.3, 0.4) is 0 Å². The minimum atomic E-state index is -3.84. The fourth-order valence-corrected chi connectivity index (χ4v) is 1.91. The molecule has 0 atom stereocenters. The molecule has 1 aromatic carbocycles. The lowest BCUT2D eigenvalue weighted by Gasteiger charge is -1.98. The van der Waals surface area contributed by atoms with Crippen molar-refractivity contribution in [2.24, 2.45) is 9.63 Å². The molecule has 0 saturated heterocycles. The van der Waals surface area contributed by atoms with Crippen LogP contribution in [0.15, 0.2) is 38.8 Å². The minimum absolute atomic E-state index is 0.0423. The molecular formula is C11H14N2O4S. The Balaban J connectivity index is 2.73. The van der Waals surface area contributed by atoms with Gasteiger partial charge >= 0.3 is 5.97 Å². The Kier molecular flexibility index (Phi) is 4.96. The molecule has 0 heterocycles. The molecule has 7 heteroatoms. The Morgan fingerprint density at radius 1 is 1.28 bits per heavy atom. The number of hydrogen-bond donors (Lipinski definition) is 0. The minimum Gasteiger partial charge on any atom is -0.465 e. The molecule has 1 aromatic rings. The summed E-state index contributed by atoms with van der Waals surface area (Å²) in [6.07, 6.45) is 0. The summed E-state index contributed by atoms with van der Waals surface area (Å²) in [5, 5.41) is 3.32. The number of benzene rings is 1. The van der Waals surface area contributed by atoms with Crippen LogP contribution in [0.25, 0.3) is 0 Å². The van der Waals surface area contributed by atoms with Gasteiger partial charge in [0.05, 0.1) is 11.5 Å². The van der Waals surface area contributed by atoms with Crippen LogP contribution in [-0.2, 0) is 19.6 Å². The zero-order valence-corrected chi connectivity index (χ0v) is 11.0. The molecule has 18 heavy (non-hydrogen) atoms. The van der Waals surface area contributed by atoms with Crippen molar-refractivity contribution < 1.29 is 17.9 Å². The summed E-state index contributed by atoms with van der Waals surface area (Å²) < 4.78 is 31.1. The predicted molar refractivity (Wildman–Crippen MR) is 64.7 cm³/mol. The smallest absolute Gasteiger partial charge is 0.329 e. The third kappa shape index (κ3) is 4.25. The maximum absolute atomic E-state index is 11.7. The molecule has 0 aliphatic heterocycles. The molecular weight excluding hydrogens is 256 g/mol. The second kappa shape index (κ2) is 6.25. The topological polar surface area (TPSA) is 85.2 Å². The van der Waals surface area contributed by atoms with Gasteiger partial charge in [0, 0.05) is 0 Å². The van der Waals surface area contributed by atoms with Gasteiger partial charge in [0.1, 0.15) is 0 Å². The fourth-order valence-electron chi connectivity index (χ4n) is 1.13. The lowest BCUT2D eigenvalue weighted by Crippen LogP contribution is -2.07. The average molecular weight is 270 g/mol. The summed E-state index contributed by atoms with van der Waals surface area (Å²) in [6, 6.07) is 6.20. The van der Waals surface area contributed by atoms with E-state index in [4.69, 9.17) is 0 Å². The molecule has 0 aliphatic rings. The van der Waals surface area contributed by atoms with E-state index in [1.807, 2.05) is 6.92 Å². The van der Waals surface area contributed by atoms with E-state index >= 15 is 0 Å². The highest BCUT2D eigenvalue weighted by Gasteiger charge is 2.12. The predicted octanol–water partition coefficient (Wildman–Crippen LogP) is 1.70.